The molecule has 5 nitrogen and oxygen atoms in total. The molecule has 2 rings (SSSR count). The fourth-order valence-corrected chi connectivity index (χ4v) is 2.11. The summed E-state index contributed by atoms with van der Waals surface area (Å²) < 4.78 is 11.2. The van der Waals surface area contributed by atoms with Crippen molar-refractivity contribution >= 4 is 33.3 Å². The Morgan fingerprint density at radius 3 is 2.70 bits per heavy atom. The van der Waals surface area contributed by atoms with Crippen LogP contribution in [-0.2, 0) is 6.54 Å². The van der Waals surface area contributed by atoms with Crippen molar-refractivity contribution in [2.24, 2.45) is 0 Å². The van der Waals surface area contributed by atoms with Crippen molar-refractivity contribution in [2.45, 2.75) is 6.54 Å². The van der Waals surface area contributed by atoms with E-state index in [2.05, 4.69) is 31.2 Å². The molecule has 2 aromatic rings. The number of anilines is 1. The minimum Gasteiger partial charge on any atom is -0.493 e. The number of methoxy groups -OCH3 is 2. The number of benzene rings is 1. The molecule has 1 aromatic carbocycles. The van der Waals surface area contributed by atoms with E-state index in [1.807, 2.05) is 18.2 Å². The summed E-state index contributed by atoms with van der Waals surface area (Å²) in [6.45, 7) is 0.576. The first kappa shape index (κ1) is 14.9. The van der Waals surface area contributed by atoms with E-state index in [0.29, 0.717) is 23.9 Å². The van der Waals surface area contributed by atoms with Crippen LogP contribution in [0.5, 0.6) is 11.5 Å². The number of ether oxygens (including phenoxy) is 2. The summed E-state index contributed by atoms with van der Waals surface area (Å²) in [4.78, 5) is 7.98. The second-order valence-electron chi connectivity index (χ2n) is 3.88. The predicted molar refractivity (Wildman–Crippen MR) is 81.6 cm³/mol. The van der Waals surface area contributed by atoms with Crippen LogP contribution in [-0.4, -0.2) is 24.2 Å². The van der Waals surface area contributed by atoms with Gasteiger partial charge in [0.1, 0.15) is 5.82 Å². The highest BCUT2D eigenvalue weighted by Gasteiger charge is 2.06. The Bertz CT molecular complexity index is 610. The Labute approximate surface area is 130 Å². The zero-order valence-corrected chi connectivity index (χ0v) is 13.3. The van der Waals surface area contributed by atoms with Gasteiger partial charge in [-0.1, -0.05) is 6.07 Å². The molecule has 0 saturated carbocycles. The zero-order chi connectivity index (χ0) is 14.5. The van der Waals surface area contributed by atoms with Crippen LogP contribution in [0.2, 0.25) is 5.28 Å². The number of hydrogen-bond acceptors (Lipinski definition) is 5. The summed E-state index contributed by atoms with van der Waals surface area (Å²) in [5.74, 6) is 2.02. The van der Waals surface area contributed by atoms with E-state index in [0.717, 1.165) is 10.0 Å². The van der Waals surface area contributed by atoms with Crippen molar-refractivity contribution in [3.05, 3.63) is 39.7 Å². The molecule has 1 aromatic heterocycles. The van der Waals surface area contributed by atoms with Crippen LogP contribution >= 0.6 is 27.5 Å². The molecule has 0 atom stereocenters. The van der Waals surface area contributed by atoms with Crippen LogP contribution in [0.4, 0.5) is 5.82 Å². The Balaban J connectivity index is 2.12. The Kier molecular flexibility index (Phi) is 5.03. The summed E-state index contributed by atoms with van der Waals surface area (Å²) >= 11 is 9.13. The van der Waals surface area contributed by atoms with Gasteiger partial charge in [-0.05, 0) is 45.2 Å². The first-order valence-corrected chi connectivity index (χ1v) is 6.94. The van der Waals surface area contributed by atoms with Gasteiger partial charge >= 0.3 is 0 Å². The van der Waals surface area contributed by atoms with Gasteiger partial charge in [-0.25, -0.2) is 4.98 Å². The first-order chi connectivity index (χ1) is 9.63. The van der Waals surface area contributed by atoms with Crippen molar-refractivity contribution in [3.63, 3.8) is 0 Å². The van der Waals surface area contributed by atoms with Crippen LogP contribution in [0.25, 0.3) is 0 Å². The molecule has 0 radical (unpaired) electrons. The third-order valence-electron chi connectivity index (χ3n) is 2.62. The molecular formula is C13H13BrClN3O2. The van der Waals surface area contributed by atoms with Gasteiger partial charge in [0, 0.05) is 12.7 Å². The molecule has 0 unspecified atom stereocenters. The Morgan fingerprint density at radius 2 is 2.00 bits per heavy atom. The van der Waals surface area contributed by atoms with Crippen molar-refractivity contribution in [1.82, 2.24) is 9.97 Å². The number of hydrogen-bond donors (Lipinski definition) is 1. The Hall–Kier alpha value is -1.53. The van der Waals surface area contributed by atoms with Gasteiger partial charge in [0.15, 0.2) is 11.5 Å². The summed E-state index contributed by atoms with van der Waals surface area (Å²) in [5, 5.41) is 3.38. The van der Waals surface area contributed by atoms with E-state index in [-0.39, 0.29) is 5.28 Å². The quantitative estimate of drug-likeness (QED) is 0.829. The highest BCUT2D eigenvalue weighted by Crippen LogP contribution is 2.28. The number of halogens is 2. The summed E-state index contributed by atoms with van der Waals surface area (Å²) in [6.07, 6.45) is 1.60. The zero-order valence-electron chi connectivity index (χ0n) is 11.0. The number of nitrogens with one attached hydrogen (secondary N) is 1. The van der Waals surface area contributed by atoms with Gasteiger partial charge in [-0.2, -0.15) is 4.98 Å². The average molecular weight is 359 g/mol. The fourth-order valence-electron chi connectivity index (χ4n) is 1.65. The van der Waals surface area contributed by atoms with Crippen LogP contribution in [0.1, 0.15) is 5.56 Å². The molecule has 0 aliphatic carbocycles. The van der Waals surface area contributed by atoms with Gasteiger partial charge in [0.25, 0.3) is 0 Å². The normalized spacial score (nSPS) is 10.2. The van der Waals surface area contributed by atoms with Gasteiger partial charge in [0.2, 0.25) is 5.28 Å². The van der Waals surface area contributed by atoms with Crippen LogP contribution in [0.15, 0.2) is 28.9 Å². The van der Waals surface area contributed by atoms with Crippen molar-refractivity contribution in [3.8, 4) is 11.5 Å². The van der Waals surface area contributed by atoms with E-state index in [9.17, 15) is 0 Å². The summed E-state index contributed by atoms with van der Waals surface area (Å²) in [6, 6.07) is 5.71. The van der Waals surface area contributed by atoms with Crippen LogP contribution < -0.4 is 14.8 Å². The minimum absolute atomic E-state index is 0.197. The average Bonchev–Trinajstić information content (AvgIpc) is 2.47. The van der Waals surface area contributed by atoms with E-state index in [1.165, 1.54) is 0 Å². The number of aromatic nitrogens is 2. The van der Waals surface area contributed by atoms with Gasteiger partial charge < -0.3 is 14.8 Å². The summed E-state index contributed by atoms with van der Waals surface area (Å²) in [5.41, 5.74) is 1.03. The van der Waals surface area contributed by atoms with Gasteiger partial charge in [0.05, 0.1) is 18.7 Å². The molecule has 0 spiro atoms. The second kappa shape index (κ2) is 6.76. The SMILES string of the molecule is COc1ccc(CNc2nc(Cl)ncc2Br)cc1OC. The standard InChI is InChI=1S/C13H13BrClN3O2/c1-19-10-4-3-8(5-11(10)20-2)6-16-12-9(14)7-17-13(15)18-12/h3-5,7H,6H2,1-2H3,(H,16,17,18). The highest BCUT2D eigenvalue weighted by molar-refractivity contribution is 9.10. The molecule has 0 aliphatic rings. The van der Waals surface area contributed by atoms with Crippen molar-refractivity contribution in [2.75, 3.05) is 19.5 Å². The monoisotopic (exact) mass is 357 g/mol. The number of rotatable bonds is 5. The molecule has 0 aliphatic heterocycles. The largest absolute Gasteiger partial charge is 0.493 e. The minimum atomic E-state index is 0.197. The maximum Gasteiger partial charge on any atom is 0.224 e. The van der Waals surface area contributed by atoms with Crippen LogP contribution in [0, 0.1) is 0 Å². The second-order valence-corrected chi connectivity index (χ2v) is 5.07. The highest BCUT2D eigenvalue weighted by atomic mass is 79.9. The molecule has 20 heavy (non-hydrogen) atoms. The molecule has 7 heteroatoms. The maximum absolute atomic E-state index is 5.77. The topological polar surface area (TPSA) is 56.3 Å². The van der Waals surface area contributed by atoms with Crippen molar-refractivity contribution < 1.29 is 9.47 Å². The van der Waals surface area contributed by atoms with E-state index < -0.39 is 0 Å². The lowest BCUT2D eigenvalue weighted by atomic mass is 10.2. The molecule has 0 fully saturated rings. The van der Waals surface area contributed by atoms with Crippen molar-refractivity contribution in [1.29, 1.82) is 0 Å². The number of nitrogens with zero attached hydrogens (tertiary/aromatic N) is 2. The first-order valence-electron chi connectivity index (χ1n) is 5.77. The molecule has 0 saturated heterocycles. The van der Waals surface area contributed by atoms with E-state index >= 15 is 0 Å². The smallest absolute Gasteiger partial charge is 0.224 e. The van der Waals surface area contributed by atoms with E-state index in [4.69, 9.17) is 21.1 Å². The van der Waals surface area contributed by atoms with Crippen LogP contribution in [0.3, 0.4) is 0 Å². The third-order valence-corrected chi connectivity index (χ3v) is 3.39. The molecular weight excluding hydrogens is 346 g/mol. The molecule has 1 heterocycles. The lowest BCUT2D eigenvalue weighted by Crippen LogP contribution is -2.03. The Morgan fingerprint density at radius 1 is 1.25 bits per heavy atom. The maximum atomic E-state index is 5.77. The van der Waals surface area contributed by atoms with E-state index in [1.54, 1.807) is 20.4 Å². The predicted octanol–water partition coefficient (Wildman–Crippen LogP) is 3.52. The lowest BCUT2D eigenvalue weighted by Gasteiger charge is -2.11. The summed E-state index contributed by atoms with van der Waals surface area (Å²) in [7, 11) is 3.21. The fraction of sp³-hybridized carbons (Fsp3) is 0.231. The van der Waals surface area contributed by atoms with Gasteiger partial charge in [-0.3, -0.25) is 0 Å². The molecule has 106 valence electrons. The van der Waals surface area contributed by atoms with Gasteiger partial charge in [-0.15, -0.1) is 0 Å². The molecule has 0 bridgehead atoms. The third kappa shape index (κ3) is 3.52. The lowest BCUT2D eigenvalue weighted by molar-refractivity contribution is 0.354. The molecule has 1 N–H and O–H groups in total. The molecule has 0 amide bonds.